The summed E-state index contributed by atoms with van der Waals surface area (Å²) in [7, 11) is 0. The Bertz CT molecular complexity index is 635. The number of ether oxygens (including phenoxy) is 1. The molecule has 2 aliphatic rings. The lowest BCUT2D eigenvalue weighted by Crippen LogP contribution is -2.04. The van der Waals surface area contributed by atoms with E-state index in [0.717, 1.165) is 42.4 Å². The predicted molar refractivity (Wildman–Crippen MR) is 79.2 cm³/mol. The fourth-order valence-electron chi connectivity index (χ4n) is 2.51. The van der Waals surface area contributed by atoms with Crippen LogP contribution in [0.2, 0.25) is 10.0 Å². The Hall–Kier alpha value is -1.32. The van der Waals surface area contributed by atoms with Gasteiger partial charge in [-0.2, -0.15) is 0 Å². The molecule has 1 aromatic carbocycles. The van der Waals surface area contributed by atoms with Crippen LogP contribution in [-0.2, 0) is 16.1 Å². The van der Waals surface area contributed by atoms with E-state index in [1.165, 1.54) is 0 Å². The molecule has 0 saturated heterocycles. The van der Waals surface area contributed by atoms with Crippen LogP contribution in [0, 0.1) is 0 Å². The molecule has 0 amide bonds. The summed E-state index contributed by atoms with van der Waals surface area (Å²) in [4.78, 5) is 16.1. The molecular formula is C15H13Cl2NO2. The number of aliphatic imine (C=N–C) groups is 1. The van der Waals surface area contributed by atoms with Crippen molar-refractivity contribution < 1.29 is 9.53 Å². The maximum atomic E-state index is 11.7. The van der Waals surface area contributed by atoms with Gasteiger partial charge in [0.1, 0.15) is 0 Å². The molecule has 0 N–H and O–H groups in total. The summed E-state index contributed by atoms with van der Waals surface area (Å²) in [5.74, 6) is 0.253. The maximum Gasteiger partial charge on any atom is 0.341 e. The van der Waals surface area contributed by atoms with E-state index in [4.69, 9.17) is 27.9 Å². The third-order valence-electron chi connectivity index (χ3n) is 3.55. The molecule has 104 valence electrons. The van der Waals surface area contributed by atoms with Crippen molar-refractivity contribution in [3.8, 4) is 0 Å². The Labute approximate surface area is 127 Å². The summed E-state index contributed by atoms with van der Waals surface area (Å²) in [6.45, 7) is 0.427. The van der Waals surface area contributed by atoms with Gasteiger partial charge in [-0.05, 0) is 43.4 Å². The second kappa shape index (κ2) is 5.58. The molecular weight excluding hydrogens is 297 g/mol. The predicted octanol–water partition coefficient (Wildman–Crippen LogP) is 4.32. The molecule has 0 aromatic heterocycles. The van der Waals surface area contributed by atoms with E-state index in [1.54, 1.807) is 12.1 Å². The second-order valence-corrected chi connectivity index (χ2v) is 5.74. The van der Waals surface area contributed by atoms with E-state index in [9.17, 15) is 4.79 Å². The quantitative estimate of drug-likeness (QED) is 0.763. The number of carbonyl (C=O) groups excluding carboxylic acids is 1. The first kappa shape index (κ1) is 13.7. The van der Waals surface area contributed by atoms with Crippen LogP contribution < -0.4 is 0 Å². The van der Waals surface area contributed by atoms with Crippen molar-refractivity contribution in [3.05, 3.63) is 45.0 Å². The first-order valence-electron chi connectivity index (χ1n) is 6.58. The molecule has 5 heteroatoms. The summed E-state index contributed by atoms with van der Waals surface area (Å²) < 4.78 is 5.26. The molecule has 3 rings (SSSR count). The standard InChI is InChI=1S/C15H13Cl2NO2/c16-12-6-5-9(7-13(12)17)8-18-14-10-3-1-2-4-11(10)15(19)20-14/h5-7H,1-4,8H2. The van der Waals surface area contributed by atoms with Crippen molar-refractivity contribution >= 4 is 35.1 Å². The molecule has 0 spiro atoms. The molecule has 1 aromatic rings. The van der Waals surface area contributed by atoms with Gasteiger partial charge in [0.2, 0.25) is 5.90 Å². The highest BCUT2D eigenvalue weighted by atomic mass is 35.5. The van der Waals surface area contributed by atoms with Crippen molar-refractivity contribution in [2.45, 2.75) is 32.2 Å². The van der Waals surface area contributed by atoms with Crippen LogP contribution in [0.1, 0.15) is 31.2 Å². The normalized spacial score (nSPS) is 20.3. The molecule has 0 bridgehead atoms. The number of benzene rings is 1. The number of cyclic esters (lactones) is 1. The van der Waals surface area contributed by atoms with Crippen molar-refractivity contribution in [2.75, 3.05) is 0 Å². The zero-order valence-corrected chi connectivity index (χ0v) is 12.3. The van der Waals surface area contributed by atoms with Crippen LogP contribution in [0.3, 0.4) is 0 Å². The average molecular weight is 310 g/mol. The van der Waals surface area contributed by atoms with Crippen molar-refractivity contribution in [1.29, 1.82) is 0 Å². The number of rotatable bonds is 2. The van der Waals surface area contributed by atoms with Gasteiger partial charge in [-0.1, -0.05) is 29.3 Å². The van der Waals surface area contributed by atoms with Crippen LogP contribution in [-0.4, -0.2) is 11.9 Å². The molecule has 0 fully saturated rings. The van der Waals surface area contributed by atoms with Crippen LogP contribution in [0.5, 0.6) is 0 Å². The second-order valence-electron chi connectivity index (χ2n) is 4.92. The minimum Gasteiger partial charge on any atom is -0.404 e. The lowest BCUT2D eigenvalue weighted by atomic mass is 9.93. The van der Waals surface area contributed by atoms with E-state index >= 15 is 0 Å². The van der Waals surface area contributed by atoms with E-state index in [-0.39, 0.29) is 5.97 Å². The van der Waals surface area contributed by atoms with Gasteiger partial charge >= 0.3 is 5.97 Å². The third-order valence-corrected chi connectivity index (χ3v) is 4.29. The number of halogens is 2. The van der Waals surface area contributed by atoms with Crippen molar-refractivity contribution in [2.24, 2.45) is 4.99 Å². The van der Waals surface area contributed by atoms with Gasteiger partial charge in [0, 0.05) is 11.1 Å². The SMILES string of the molecule is O=C1OC(=NCc2ccc(Cl)c(Cl)c2)C2=C1CCCC2. The van der Waals surface area contributed by atoms with Crippen LogP contribution in [0.4, 0.5) is 0 Å². The highest BCUT2D eigenvalue weighted by Crippen LogP contribution is 2.32. The topological polar surface area (TPSA) is 38.7 Å². The van der Waals surface area contributed by atoms with Gasteiger partial charge in [0.25, 0.3) is 0 Å². The summed E-state index contributed by atoms with van der Waals surface area (Å²) in [6, 6.07) is 5.39. The Balaban J connectivity index is 1.81. The van der Waals surface area contributed by atoms with Crippen LogP contribution in [0.15, 0.2) is 34.3 Å². The number of hydrogen-bond acceptors (Lipinski definition) is 3. The van der Waals surface area contributed by atoms with Gasteiger partial charge < -0.3 is 4.74 Å². The van der Waals surface area contributed by atoms with Gasteiger partial charge in [-0.15, -0.1) is 0 Å². The summed E-state index contributed by atoms with van der Waals surface area (Å²) in [5.41, 5.74) is 2.73. The minimum atomic E-state index is -0.229. The summed E-state index contributed by atoms with van der Waals surface area (Å²) >= 11 is 11.8. The van der Waals surface area contributed by atoms with E-state index in [0.29, 0.717) is 22.5 Å². The molecule has 0 saturated carbocycles. The molecule has 0 unspecified atom stereocenters. The van der Waals surface area contributed by atoms with Crippen LogP contribution in [0.25, 0.3) is 0 Å². The Morgan fingerprint density at radius 3 is 2.60 bits per heavy atom. The summed E-state index contributed by atoms with van der Waals surface area (Å²) in [6.07, 6.45) is 3.82. The first-order chi connectivity index (χ1) is 9.65. The maximum absolute atomic E-state index is 11.7. The molecule has 20 heavy (non-hydrogen) atoms. The average Bonchev–Trinajstić information content (AvgIpc) is 2.78. The zero-order valence-electron chi connectivity index (χ0n) is 10.8. The number of esters is 1. The lowest BCUT2D eigenvalue weighted by Gasteiger charge is -2.09. The molecule has 3 nitrogen and oxygen atoms in total. The Kier molecular flexibility index (Phi) is 3.81. The van der Waals surface area contributed by atoms with Gasteiger partial charge in [-0.3, -0.25) is 0 Å². The lowest BCUT2D eigenvalue weighted by molar-refractivity contribution is -0.130. The van der Waals surface area contributed by atoms with Gasteiger partial charge in [0.05, 0.1) is 16.6 Å². The fourth-order valence-corrected chi connectivity index (χ4v) is 2.83. The Morgan fingerprint density at radius 2 is 1.85 bits per heavy atom. The summed E-state index contributed by atoms with van der Waals surface area (Å²) in [5, 5.41) is 1.03. The van der Waals surface area contributed by atoms with E-state index in [1.807, 2.05) is 6.07 Å². The van der Waals surface area contributed by atoms with Crippen molar-refractivity contribution in [1.82, 2.24) is 0 Å². The van der Waals surface area contributed by atoms with E-state index in [2.05, 4.69) is 4.99 Å². The largest absolute Gasteiger partial charge is 0.404 e. The minimum absolute atomic E-state index is 0.229. The molecule has 1 aliphatic heterocycles. The number of nitrogens with zero attached hydrogens (tertiary/aromatic N) is 1. The smallest absolute Gasteiger partial charge is 0.341 e. The van der Waals surface area contributed by atoms with Crippen LogP contribution >= 0.6 is 23.2 Å². The Morgan fingerprint density at radius 1 is 1.10 bits per heavy atom. The zero-order chi connectivity index (χ0) is 14.1. The fraction of sp³-hybridized carbons (Fsp3) is 0.333. The van der Waals surface area contributed by atoms with Gasteiger partial charge in [-0.25, -0.2) is 9.79 Å². The molecule has 1 heterocycles. The van der Waals surface area contributed by atoms with E-state index < -0.39 is 0 Å². The number of carbonyl (C=O) groups is 1. The molecule has 0 radical (unpaired) electrons. The highest BCUT2D eigenvalue weighted by Gasteiger charge is 2.32. The molecule has 0 atom stereocenters. The van der Waals surface area contributed by atoms with Gasteiger partial charge in [0.15, 0.2) is 0 Å². The monoisotopic (exact) mass is 309 g/mol. The molecule has 1 aliphatic carbocycles. The van der Waals surface area contributed by atoms with Crippen molar-refractivity contribution in [3.63, 3.8) is 0 Å². The number of hydrogen-bond donors (Lipinski definition) is 0. The third kappa shape index (κ3) is 2.60. The highest BCUT2D eigenvalue weighted by molar-refractivity contribution is 6.42. The first-order valence-corrected chi connectivity index (χ1v) is 7.33.